The zero-order valence-corrected chi connectivity index (χ0v) is 29.7. The number of allylic oxidation sites excluding steroid dienone is 2. The summed E-state index contributed by atoms with van der Waals surface area (Å²) in [5.74, 6) is 0. The zero-order valence-electron chi connectivity index (χ0n) is 26.1. The van der Waals surface area contributed by atoms with Crippen LogP contribution in [0.3, 0.4) is 0 Å². The van der Waals surface area contributed by atoms with E-state index >= 15 is 0 Å². The van der Waals surface area contributed by atoms with Crippen LogP contribution in [-0.2, 0) is 20.0 Å². The molecule has 3 aliphatic carbocycles. The van der Waals surface area contributed by atoms with Gasteiger partial charge in [0.1, 0.15) is 0 Å². The van der Waals surface area contributed by atoms with Gasteiger partial charge in [-0.25, -0.2) is 0 Å². The van der Waals surface area contributed by atoms with Gasteiger partial charge in [-0.2, -0.15) is 0 Å². The Balaban J connectivity index is 1.37. The summed E-state index contributed by atoms with van der Waals surface area (Å²) in [7, 11) is 0. The summed E-state index contributed by atoms with van der Waals surface area (Å²) in [6.07, 6.45) is 10.8. The number of aryl methyl sites for hydroxylation is 4. The molecule has 0 amide bonds. The minimum atomic E-state index is -3.05. The van der Waals surface area contributed by atoms with E-state index in [1.165, 1.54) is 81.3 Å². The van der Waals surface area contributed by atoms with Crippen molar-refractivity contribution in [3.05, 3.63) is 128 Å². The Kier molecular flexibility index (Phi) is 5.98. The second-order valence-corrected chi connectivity index (χ2v) is 31.7. The molecule has 4 aromatic rings. The molecule has 0 nitrogen and oxygen atoms in total. The third kappa shape index (κ3) is 3.62. The van der Waals surface area contributed by atoms with Crippen molar-refractivity contribution in [3.8, 4) is 22.3 Å². The summed E-state index contributed by atoms with van der Waals surface area (Å²) in [4.78, 5) is 0. The van der Waals surface area contributed by atoms with Crippen LogP contribution in [0.1, 0.15) is 77.5 Å². The predicted molar refractivity (Wildman–Crippen MR) is 177 cm³/mol. The predicted octanol–water partition coefficient (Wildman–Crippen LogP) is 11.7. The van der Waals surface area contributed by atoms with Gasteiger partial charge in [0.15, 0.2) is 0 Å². The van der Waals surface area contributed by atoms with Gasteiger partial charge in [-0.05, 0) is 0 Å². The Labute approximate surface area is 256 Å². The molecule has 1 aliphatic heterocycles. The van der Waals surface area contributed by atoms with Crippen LogP contribution in [-0.4, -0.2) is 0 Å². The average molecular weight is 713 g/mol. The summed E-state index contributed by atoms with van der Waals surface area (Å²) >= 11 is -3.05. The molecule has 0 N–H and O–H groups in total. The number of hydrogen-bond donors (Lipinski definition) is 0. The van der Waals surface area contributed by atoms with Crippen LogP contribution < -0.4 is 0 Å². The Hall–Kier alpha value is -2.77. The van der Waals surface area contributed by atoms with E-state index < -0.39 is 20.0 Å². The molecule has 1 saturated carbocycles. The number of rotatable bonds is 2. The molecule has 4 aromatic carbocycles. The summed E-state index contributed by atoms with van der Waals surface area (Å²) in [6.45, 7) is 9.03. The van der Waals surface area contributed by atoms with Crippen molar-refractivity contribution in [2.24, 2.45) is 5.41 Å². The van der Waals surface area contributed by atoms with Gasteiger partial charge in [0.25, 0.3) is 0 Å². The topological polar surface area (TPSA) is 0 Å². The van der Waals surface area contributed by atoms with E-state index in [1.54, 1.807) is 11.1 Å². The van der Waals surface area contributed by atoms with Crippen LogP contribution in [0.5, 0.6) is 0 Å². The van der Waals surface area contributed by atoms with E-state index in [1.807, 2.05) is 11.1 Å². The molecule has 210 valence electrons. The quantitative estimate of drug-likeness (QED) is 0.182. The first kappa shape index (κ1) is 26.8. The standard InChI is InChI=1S/C39H36.2CH3.Hf/c1-25-13-15-27(3)35(19-25)33-11-7-9-29-21-31(23-37(29)33)39(17-5-6-18-39)32-22-30-10-8-12-34(38(30)24-32)36-20-26(2)14-16-28(36)4;;;/h7-16,19-24H,5-6,17-18H2,1-4H3;2*1H3;. The molecule has 42 heavy (non-hydrogen) atoms. The van der Waals surface area contributed by atoms with Crippen LogP contribution in [0, 0.1) is 33.1 Å². The van der Waals surface area contributed by atoms with Crippen molar-refractivity contribution >= 4 is 12.2 Å². The molecule has 0 bridgehead atoms. The molecular formula is C41H42Hf. The van der Waals surface area contributed by atoms with Gasteiger partial charge in [-0.15, -0.1) is 0 Å². The van der Waals surface area contributed by atoms with E-state index in [4.69, 9.17) is 0 Å². The van der Waals surface area contributed by atoms with Crippen molar-refractivity contribution in [1.82, 2.24) is 0 Å². The number of fused-ring (bicyclic) bond motifs is 8. The van der Waals surface area contributed by atoms with Gasteiger partial charge in [-0.3, -0.25) is 0 Å². The van der Waals surface area contributed by atoms with Crippen LogP contribution in [0.2, 0.25) is 9.36 Å². The number of benzene rings is 4. The molecule has 1 saturated heterocycles. The maximum absolute atomic E-state index is 3.05. The first-order valence-electron chi connectivity index (χ1n) is 16.1. The Bertz CT molecular complexity index is 1730. The molecule has 1 heteroatoms. The van der Waals surface area contributed by atoms with Crippen molar-refractivity contribution in [3.63, 3.8) is 0 Å². The van der Waals surface area contributed by atoms with Crippen LogP contribution in [0.15, 0.2) is 83.9 Å². The van der Waals surface area contributed by atoms with Gasteiger partial charge in [0.2, 0.25) is 0 Å². The van der Waals surface area contributed by atoms with Gasteiger partial charge < -0.3 is 0 Å². The Morgan fingerprint density at radius 2 is 1.02 bits per heavy atom. The molecule has 4 aliphatic rings. The molecular weight excluding hydrogens is 671 g/mol. The average Bonchev–Trinajstić information content (AvgIpc) is 3.71. The SMILES string of the molecule is Cc1ccc(C)c(-c2cccc3c2C=C2[CH]3[Hf]([CH3])([CH3])[CH]3C(=Cc4c(-c5cc(C)ccc5C)cccc43)C23CCCC3)c1. The molecule has 8 rings (SSSR count). The summed E-state index contributed by atoms with van der Waals surface area (Å²) < 4.78 is 6.91. The molecule has 2 unspecified atom stereocenters. The Morgan fingerprint density at radius 3 is 1.48 bits per heavy atom. The summed E-state index contributed by atoms with van der Waals surface area (Å²) in [5.41, 5.74) is 21.4. The van der Waals surface area contributed by atoms with Gasteiger partial charge in [0, 0.05) is 0 Å². The van der Waals surface area contributed by atoms with Crippen LogP contribution in [0.4, 0.5) is 0 Å². The van der Waals surface area contributed by atoms with E-state index in [-0.39, 0.29) is 5.41 Å². The molecule has 0 aromatic heterocycles. The van der Waals surface area contributed by atoms with Crippen molar-refractivity contribution in [2.75, 3.05) is 0 Å². The fraction of sp³-hybridized carbons (Fsp3) is 0.317. The van der Waals surface area contributed by atoms with E-state index in [9.17, 15) is 0 Å². The van der Waals surface area contributed by atoms with Gasteiger partial charge >= 0.3 is 258 Å². The fourth-order valence-corrected chi connectivity index (χ4v) is 26.8. The third-order valence-electron chi connectivity index (χ3n) is 11.5. The van der Waals surface area contributed by atoms with Crippen molar-refractivity contribution in [1.29, 1.82) is 0 Å². The summed E-state index contributed by atoms with van der Waals surface area (Å²) in [6, 6.07) is 28.5. The molecule has 1 heterocycles. The number of hydrogen-bond acceptors (Lipinski definition) is 0. The maximum atomic E-state index is 2.80. The monoisotopic (exact) mass is 714 g/mol. The molecule has 2 fully saturated rings. The van der Waals surface area contributed by atoms with Crippen LogP contribution in [0.25, 0.3) is 34.4 Å². The van der Waals surface area contributed by atoms with Crippen LogP contribution >= 0.6 is 0 Å². The second kappa shape index (κ2) is 9.36. The zero-order chi connectivity index (χ0) is 29.0. The fourth-order valence-electron chi connectivity index (χ4n) is 9.65. The summed E-state index contributed by atoms with van der Waals surface area (Å²) in [5, 5.41) is 0. The third-order valence-corrected chi connectivity index (χ3v) is 26.7. The van der Waals surface area contributed by atoms with Gasteiger partial charge in [-0.1, -0.05) is 0 Å². The Morgan fingerprint density at radius 1 is 0.571 bits per heavy atom. The van der Waals surface area contributed by atoms with Crippen molar-refractivity contribution < 1.29 is 20.0 Å². The molecule has 0 radical (unpaired) electrons. The van der Waals surface area contributed by atoms with E-state index in [0.717, 1.165) is 0 Å². The molecule has 1 spiro atoms. The minimum absolute atomic E-state index is 0.223. The first-order valence-corrected chi connectivity index (χ1v) is 27.4. The molecule has 2 atom stereocenters. The van der Waals surface area contributed by atoms with Gasteiger partial charge in [0.05, 0.1) is 0 Å². The normalized spacial score (nSPS) is 22.3. The van der Waals surface area contributed by atoms with E-state index in [0.29, 0.717) is 7.35 Å². The van der Waals surface area contributed by atoms with Crippen molar-refractivity contribution in [2.45, 2.75) is 70.1 Å². The second-order valence-electron chi connectivity index (χ2n) is 14.4. The van der Waals surface area contributed by atoms with E-state index in [2.05, 4.69) is 122 Å². The first-order chi connectivity index (χ1) is 20.2.